The van der Waals surface area contributed by atoms with E-state index in [0.717, 1.165) is 12.8 Å². The maximum Gasteiger partial charge on any atom is 0.232 e. The Morgan fingerprint density at radius 3 is 2.50 bits per heavy atom. The molecule has 0 heterocycles. The van der Waals surface area contributed by atoms with Gasteiger partial charge in [-0.1, -0.05) is 0 Å². The van der Waals surface area contributed by atoms with Crippen molar-refractivity contribution in [2.24, 2.45) is 5.41 Å². The molecule has 0 bridgehead atoms. The van der Waals surface area contributed by atoms with Crippen LogP contribution in [-0.2, 0) is 4.79 Å². The summed E-state index contributed by atoms with van der Waals surface area (Å²) in [4.78, 5) is 11.9. The molecule has 0 aromatic heterocycles. The molecular weight excluding hydrogens is 234 g/mol. The van der Waals surface area contributed by atoms with E-state index in [0.29, 0.717) is 17.2 Å². The van der Waals surface area contributed by atoms with Gasteiger partial charge < -0.3 is 19.9 Å². The maximum absolute atomic E-state index is 11.9. The van der Waals surface area contributed by atoms with Crippen LogP contribution in [-0.4, -0.2) is 31.8 Å². The Hall–Kier alpha value is -1.75. The predicted molar refractivity (Wildman–Crippen MR) is 66.9 cm³/mol. The van der Waals surface area contributed by atoms with Crippen LogP contribution in [0.15, 0.2) is 18.2 Å². The molecule has 18 heavy (non-hydrogen) atoms. The Bertz CT molecular complexity index is 454. The maximum atomic E-state index is 11.9. The number of hydrogen-bond donors (Lipinski definition) is 2. The molecule has 2 rings (SSSR count). The summed E-state index contributed by atoms with van der Waals surface area (Å²) in [6.07, 6.45) is 1.48. The topological polar surface area (TPSA) is 67.8 Å². The second-order valence-corrected chi connectivity index (χ2v) is 4.46. The first kappa shape index (κ1) is 12.7. The van der Waals surface area contributed by atoms with Crippen molar-refractivity contribution in [3.8, 4) is 11.5 Å². The van der Waals surface area contributed by atoms with E-state index in [1.54, 1.807) is 32.4 Å². The molecule has 0 aliphatic heterocycles. The van der Waals surface area contributed by atoms with Crippen LogP contribution in [0.4, 0.5) is 5.69 Å². The molecule has 0 saturated heterocycles. The van der Waals surface area contributed by atoms with Crippen molar-refractivity contribution in [3.05, 3.63) is 18.2 Å². The summed E-state index contributed by atoms with van der Waals surface area (Å²) in [5, 5.41) is 12.0. The van der Waals surface area contributed by atoms with Crippen LogP contribution in [0.1, 0.15) is 12.8 Å². The fourth-order valence-corrected chi connectivity index (χ4v) is 1.79. The molecule has 1 aromatic rings. The minimum absolute atomic E-state index is 0.105. The first-order valence-corrected chi connectivity index (χ1v) is 5.79. The van der Waals surface area contributed by atoms with E-state index in [2.05, 4.69) is 5.32 Å². The summed E-state index contributed by atoms with van der Waals surface area (Å²) >= 11 is 0. The van der Waals surface area contributed by atoms with Gasteiger partial charge in [-0.25, -0.2) is 0 Å². The number of amides is 1. The normalized spacial score (nSPS) is 15.9. The van der Waals surface area contributed by atoms with Gasteiger partial charge in [-0.2, -0.15) is 0 Å². The lowest BCUT2D eigenvalue weighted by atomic mass is 10.1. The lowest BCUT2D eigenvalue weighted by Gasteiger charge is -2.14. The van der Waals surface area contributed by atoms with Gasteiger partial charge in [0.15, 0.2) is 11.5 Å². The molecule has 0 radical (unpaired) electrons. The fraction of sp³-hybridized carbons (Fsp3) is 0.462. The SMILES string of the molecule is COc1ccc(NC(=O)C2(CO)CC2)cc1OC. The zero-order chi connectivity index (χ0) is 13.2. The van der Waals surface area contributed by atoms with Crippen molar-refractivity contribution in [2.45, 2.75) is 12.8 Å². The Morgan fingerprint density at radius 1 is 1.33 bits per heavy atom. The average molecular weight is 251 g/mol. The molecule has 1 aliphatic carbocycles. The summed E-state index contributed by atoms with van der Waals surface area (Å²) in [5.41, 5.74) is 0.0602. The Morgan fingerprint density at radius 2 is 2.00 bits per heavy atom. The molecule has 1 amide bonds. The summed E-state index contributed by atoms with van der Waals surface area (Å²) in [5.74, 6) is 1.03. The van der Waals surface area contributed by atoms with E-state index in [4.69, 9.17) is 9.47 Å². The van der Waals surface area contributed by atoms with Crippen molar-refractivity contribution < 1.29 is 19.4 Å². The summed E-state index contributed by atoms with van der Waals surface area (Å²) < 4.78 is 10.3. The molecule has 1 saturated carbocycles. The van der Waals surface area contributed by atoms with Gasteiger partial charge in [0.25, 0.3) is 0 Å². The number of aliphatic hydroxyl groups is 1. The number of methoxy groups -OCH3 is 2. The third-order valence-corrected chi connectivity index (χ3v) is 3.28. The van der Waals surface area contributed by atoms with Gasteiger partial charge in [-0.3, -0.25) is 4.79 Å². The third kappa shape index (κ3) is 2.26. The van der Waals surface area contributed by atoms with E-state index in [1.165, 1.54) is 0 Å². The number of anilines is 1. The summed E-state index contributed by atoms with van der Waals surface area (Å²) in [6, 6.07) is 5.17. The quantitative estimate of drug-likeness (QED) is 0.830. The highest BCUT2D eigenvalue weighted by molar-refractivity contribution is 5.97. The smallest absolute Gasteiger partial charge is 0.232 e. The number of carbonyl (C=O) groups excluding carboxylic acids is 1. The minimum Gasteiger partial charge on any atom is -0.493 e. The zero-order valence-corrected chi connectivity index (χ0v) is 10.5. The number of ether oxygens (including phenoxy) is 2. The van der Waals surface area contributed by atoms with Crippen molar-refractivity contribution in [1.82, 2.24) is 0 Å². The highest BCUT2D eigenvalue weighted by atomic mass is 16.5. The van der Waals surface area contributed by atoms with Gasteiger partial charge in [0.05, 0.1) is 26.2 Å². The summed E-state index contributed by atoms with van der Waals surface area (Å²) in [7, 11) is 3.10. The van der Waals surface area contributed by atoms with Gasteiger partial charge in [-0.15, -0.1) is 0 Å². The highest BCUT2D eigenvalue weighted by Gasteiger charge is 2.49. The van der Waals surface area contributed by atoms with Crippen LogP contribution in [0.5, 0.6) is 11.5 Å². The van der Waals surface area contributed by atoms with Crippen molar-refractivity contribution >= 4 is 11.6 Å². The second-order valence-electron chi connectivity index (χ2n) is 4.46. The molecule has 2 N–H and O–H groups in total. The number of benzene rings is 1. The summed E-state index contributed by atoms with van der Waals surface area (Å²) in [6.45, 7) is -0.105. The highest BCUT2D eigenvalue weighted by Crippen LogP contribution is 2.46. The predicted octanol–water partition coefficient (Wildman–Crippen LogP) is 1.41. The lowest BCUT2D eigenvalue weighted by Crippen LogP contribution is -2.27. The van der Waals surface area contributed by atoms with Crippen molar-refractivity contribution in [2.75, 3.05) is 26.1 Å². The minimum atomic E-state index is -0.576. The second kappa shape index (κ2) is 4.86. The van der Waals surface area contributed by atoms with E-state index >= 15 is 0 Å². The standard InChI is InChI=1S/C13H17NO4/c1-17-10-4-3-9(7-11(10)18-2)14-12(16)13(8-15)5-6-13/h3-4,7,15H,5-6,8H2,1-2H3,(H,14,16). The van der Waals surface area contributed by atoms with Crippen LogP contribution in [0, 0.1) is 5.41 Å². The van der Waals surface area contributed by atoms with E-state index in [9.17, 15) is 9.90 Å². The number of rotatable bonds is 5. The molecule has 0 spiro atoms. The number of aliphatic hydroxyl groups excluding tert-OH is 1. The van der Waals surface area contributed by atoms with Gasteiger partial charge in [-0.05, 0) is 25.0 Å². The molecule has 1 aliphatic rings. The van der Waals surface area contributed by atoms with Gasteiger partial charge >= 0.3 is 0 Å². The molecule has 0 atom stereocenters. The number of hydrogen-bond acceptors (Lipinski definition) is 4. The lowest BCUT2D eigenvalue weighted by molar-refractivity contribution is -0.122. The molecule has 5 heteroatoms. The molecule has 0 unspecified atom stereocenters. The van der Waals surface area contributed by atoms with Crippen LogP contribution in [0.3, 0.4) is 0 Å². The monoisotopic (exact) mass is 251 g/mol. The number of nitrogens with one attached hydrogen (secondary N) is 1. The van der Waals surface area contributed by atoms with Crippen molar-refractivity contribution in [3.63, 3.8) is 0 Å². The molecule has 5 nitrogen and oxygen atoms in total. The Labute approximate surface area is 106 Å². The zero-order valence-electron chi connectivity index (χ0n) is 10.5. The first-order chi connectivity index (χ1) is 8.65. The van der Waals surface area contributed by atoms with E-state index in [-0.39, 0.29) is 12.5 Å². The van der Waals surface area contributed by atoms with Crippen LogP contribution in [0.2, 0.25) is 0 Å². The first-order valence-electron chi connectivity index (χ1n) is 5.79. The molecule has 1 aromatic carbocycles. The van der Waals surface area contributed by atoms with Crippen LogP contribution < -0.4 is 14.8 Å². The van der Waals surface area contributed by atoms with Gasteiger partial charge in [0.1, 0.15) is 0 Å². The number of carbonyl (C=O) groups is 1. The molecule has 98 valence electrons. The third-order valence-electron chi connectivity index (χ3n) is 3.28. The van der Waals surface area contributed by atoms with E-state index in [1.807, 2.05) is 0 Å². The average Bonchev–Trinajstić information content (AvgIpc) is 3.19. The van der Waals surface area contributed by atoms with E-state index < -0.39 is 5.41 Å². The Balaban J connectivity index is 2.12. The molecular formula is C13H17NO4. The fourth-order valence-electron chi connectivity index (χ4n) is 1.79. The van der Waals surface area contributed by atoms with Gasteiger partial charge in [0.2, 0.25) is 5.91 Å². The largest absolute Gasteiger partial charge is 0.493 e. The van der Waals surface area contributed by atoms with Gasteiger partial charge in [0, 0.05) is 11.8 Å². The molecule has 1 fully saturated rings. The Kier molecular flexibility index (Phi) is 3.43. The van der Waals surface area contributed by atoms with Crippen LogP contribution >= 0.6 is 0 Å². The van der Waals surface area contributed by atoms with Crippen LogP contribution in [0.25, 0.3) is 0 Å². The van der Waals surface area contributed by atoms with Crippen molar-refractivity contribution in [1.29, 1.82) is 0 Å².